The third-order valence-corrected chi connectivity index (χ3v) is 3.86. The van der Waals surface area contributed by atoms with Crippen LogP contribution < -0.4 is 5.32 Å². The molecule has 100 valence electrons. The molecular weight excluding hydrogens is 229 g/mol. The largest absolute Gasteiger partial charge is 0.374 e. The molecule has 0 heterocycles. The van der Waals surface area contributed by atoms with Gasteiger partial charge >= 0.3 is 0 Å². The third kappa shape index (κ3) is 3.53. The predicted octanol–water partition coefficient (Wildman–Crippen LogP) is 3.18. The molecule has 0 radical (unpaired) electrons. The quantitative estimate of drug-likeness (QED) is 0.887. The summed E-state index contributed by atoms with van der Waals surface area (Å²) in [7, 11) is 2.02. The van der Waals surface area contributed by atoms with Crippen LogP contribution in [0.3, 0.4) is 0 Å². The summed E-state index contributed by atoms with van der Waals surface area (Å²) in [6.45, 7) is 2.53. The van der Waals surface area contributed by atoms with Crippen LogP contribution >= 0.6 is 0 Å². The average Bonchev–Trinajstić information content (AvgIpc) is 2.38. The zero-order chi connectivity index (χ0) is 13.0. The van der Waals surface area contributed by atoms with Crippen LogP contribution in [0.2, 0.25) is 0 Å². The highest BCUT2D eigenvalue weighted by Gasteiger charge is 2.20. The lowest BCUT2D eigenvalue weighted by molar-refractivity contribution is 0.0116. The highest BCUT2D eigenvalue weighted by Crippen LogP contribution is 2.22. The van der Waals surface area contributed by atoms with Crippen molar-refractivity contribution < 1.29 is 9.13 Å². The lowest BCUT2D eigenvalue weighted by Gasteiger charge is -2.28. The van der Waals surface area contributed by atoms with Crippen LogP contribution in [0.1, 0.15) is 36.8 Å². The van der Waals surface area contributed by atoms with Crippen molar-refractivity contribution in [3.63, 3.8) is 0 Å². The van der Waals surface area contributed by atoms with Crippen molar-refractivity contribution in [1.29, 1.82) is 0 Å². The minimum Gasteiger partial charge on any atom is -0.374 e. The van der Waals surface area contributed by atoms with Crippen molar-refractivity contribution in [3.05, 3.63) is 35.1 Å². The second kappa shape index (κ2) is 6.30. The molecular formula is C15H22FNO. The van der Waals surface area contributed by atoms with Crippen molar-refractivity contribution in [1.82, 2.24) is 5.32 Å². The van der Waals surface area contributed by atoms with Crippen LogP contribution in [0.15, 0.2) is 18.2 Å². The standard InChI is InChI=1S/C15H22FNO/c1-11-9-13(16)4-3-12(11)10-18-15-7-5-14(17-2)6-8-15/h3-4,9,14-15,17H,5-8,10H2,1-2H3. The van der Waals surface area contributed by atoms with E-state index in [1.165, 1.54) is 18.9 Å². The number of hydrogen-bond donors (Lipinski definition) is 1. The van der Waals surface area contributed by atoms with Gasteiger partial charge in [-0.25, -0.2) is 4.39 Å². The number of benzene rings is 1. The maximum atomic E-state index is 13.0. The Morgan fingerprint density at radius 1 is 1.28 bits per heavy atom. The van der Waals surface area contributed by atoms with E-state index in [-0.39, 0.29) is 5.82 Å². The Bertz CT molecular complexity index is 386. The van der Waals surface area contributed by atoms with Crippen molar-refractivity contribution >= 4 is 0 Å². The predicted molar refractivity (Wildman–Crippen MR) is 71.0 cm³/mol. The molecule has 0 unspecified atom stereocenters. The molecule has 0 amide bonds. The molecule has 3 heteroatoms. The fraction of sp³-hybridized carbons (Fsp3) is 0.600. The molecule has 1 fully saturated rings. The zero-order valence-electron chi connectivity index (χ0n) is 11.2. The topological polar surface area (TPSA) is 21.3 Å². The van der Waals surface area contributed by atoms with Crippen LogP contribution in [-0.4, -0.2) is 19.2 Å². The van der Waals surface area contributed by atoms with Gasteiger partial charge in [0.1, 0.15) is 5.82 Å². The minimum atomic E-state index is -0.175. The van der Waals surface area contributed by atoms with Crippen LogP contribution in [0.5, 0.6) is 0 Å². The van der Waals surface area contributed by atoms with Gasteiger partial charge in [-0.3, -0.25) is 0 Å². The lowest BCUT2D eigenvalue weighted by atomic mass is 9.93. The Balaban J connectivity index is 1.81. The number of ether oxygens (including phenoxy) is 1. The fourth-order valence-electron chi connectivity index (χ4n) is 2.55. The Labute approximate surface area is 109 Å². The number of aryl methyl sites for hydroxylation is 1. The molecule has 1 aliphatic rings. The van der Waals surface area contributed by atoms with Gasteiger partial charge in [0.15, 0.2) is 0 Å². The first-order valence-electron chi connectivity index (χ1n) is 6.73. The lowest BCUT2D eigenvalue weighted by Crippen LogP contribution is -2.32. The van der Waals surface area contributed by atoms with Crippen molar-refractivity contribution in [2.24, 2.45) is 0 Å². The van der Waals surface area contributed by atoms with Gasteiger partial charge in [0, 0.05) is 6.04 Å². The van der Waals surface area contributed by atoms with Crippen LogP contribution in [0, 0.1) is 12.7 Å². The first-order valence-corrected chi connectivity index (χ1v) is 6.73. The normalized spacial score (nSPS) is 24.2. The Morgan fingerprint density at radius 3 is 2.61 bits per heavy atom. The summed E-state index contributed by atoms with van der Waals surface area (Å²) in [5.74, 6) is -0.175. The Hall–Kier alpha value is -0.930. The number of rotatable bonds is 4. The molecule has 0 aromatic heterocycles. The van der Waals surface area contributed by atoms with E-state index in [1.54, 1.807) is 6.07 Å². The van der Waals surface area contributed by atoms with Gasteiger partial charge in [-0.15, -0.1) is 0 Å². The summed E-state index contributed by atoms with van der Waals surface area (Å²) in [6.07, 6.45) is 4.96. The summed E-state index contributed by atoms with van der Waals surface area (Å²) in [6, 6.07) is 5.54. The molecule has 0 saturated heterocycles. The average molecular weight is 251 g/mol. The first-order chi connectivity index (χ1) is 8.69. The van der Waals surface area contributed by atoms with E-state index < -0.39 is 0 Å². The first kappa shape index (κ1) is 13.5. The second-order valence-electron chi connectivity index (χ2n) is 5.14. The molecule has 1 N–H and O–H groups in total. The highest BCUT2D eigenvalue weighted by atomic mass is 19.1. The number of nitrogens with one attached hydrogen (secondary N) is 1. The van der Waals surface area contributed by atoms with Gasteiger partial charge in [0.25, 0.3) is 0 Å². The molecule has 1 aromatic rings. The summed E-state index contributed by atoms with van der Waals surface area (Å²) in [5, 5.41) is 3.32. The van der Waals surface area contributed by atoms with Gasteiger partial charge in [-0.1, -0.05) is 6.07 Å². The van der Waals surface area contributed by atoms with Gasteiger partial charge in [-0.2, -0.15) is 0 Å². The van der Waals surface area contributed by atoms with E-state index in [1.807, 2.05) is 20.0 Å². The molecule has 1 saturated carbocycles. The number of hydrogen-bond acceptors (Lipinski definition) is 2. The summed E-state index contributed by atoms with van der Waals surface area (Å²) < 4.78 is 18.9. The third-order valence-electron chi connectivity index (χ3n) is 3.86. The molecule has 1 aliphatic carbocycles. The smallest absolute Gasteiger partial charge is 0.123 e. The molecule has 0 spiro atoms. The van der Waals surface area contributed by atoms with Gasteiger partial charge in [0.05, 0.1) is 12.7 Å². The van der Waals surface area contributed by atoms with E-state index in [4.69, 9.17) is 4.74 Å². The highest BCUT2D eigenvalue weighted by molar-refractivity contribution is 5.25. The zero-order valence-corrected chi connectivity index (χ0v) is 11.2. The van der Waals surface area contributed by atoms with E-state index in [9.17, 15) is 4.39 Å². The van der Waals surface area contributed by atoms with Gasteiger partial charge in [-0.05, 0) is 62.9 Å². The summed E-state index contributed by atoms with van der Waals surface area (Å²) in [5.41, 5.74) is 2.06. The Kier molecular flexibility index (Phi) is 4.72. The maximum absolute atomic E-state index is 13.0. The van der Waals surface area contributed by atoms with Gasteiger partial charge in [0.2, 0.25) is 0 Å². The molecule has 0 bridgehead atoms. The van der Waals surface area contributed by atoms with Crippen LogP contribution in [0.25, 0.3) is 0 Å². The van der Waals surface area contributed by atoms with E-state index in [0.29, 0.717) is 18.8 Å². The summed E-state index contributed by atoms with van der Waals surface area (Å²) in [4.78, 5) is 0. The van der Waals surface area contributed by atoms with E-state index in [0.717, 1.165) is 24.0 Å². The van der Waals surface area contributed by atoms with Crippen molar-refractivity contribution in [3.8, 4) is 0 Å². The maximum Gasteiger partial charge on any atom is 0.123 e. The van der Waals surface area contributed by atoms with Gasteiger partial charge < -0.3 is 10.1 Å². The minimum absolute atomic E-state index is 0.175. The van der Waals surface area contributed by atoms with Crippen LogP contribution in [-0.2, 0) is 11.3 Å². The SMILES string of the molecule is CNC1CCC(OCc2ccc(F)cc2C)CC1. The fourth-order valence-corrected chi connectivity index (χ4v) is 2.55. The second-order valence-corrected chi connectivity index (χ2v) is 5.14. The number of halogens is 1. The summed E-state index contributed by atoms with van der Waals surface area (Å²) >= 11 is 0. The molecule has 1 aromatic carbocycles. The van der Waals surface area contributed by atoms with Crippen molar-refractivity contribution in [2.75, 3.05) is 7.05 Å². The molecule has 0 aliphatic heterocycles. The molecule has 18 heavy (non-hydrogen) atoms. The molecule has 2 rings (SSSR count). The van der Waals surface area contributed by atoms with Crippen LogP contribution in [0.4, 0.5) is 4.39 Å². The molecule has 2 nitrogen and oxygen atoms in total. The molecule has 0 atom stereocenters. The monoisotopic (exact) mass is 251 g/mol. The van der Waals surface area contributed by atoms with E-state index >= 15 is 0 Å². The van der Waals surface area contributed by atoms with Crippen molar-refractivity contribution in [2.45, 2.75) is 51.4 Å². The van der Waals surface area contributed by atoms with E-state index in [2.05, 4.69) is 5.32 Å². The Morgan fingerprint density at radius 2 is 2.00 bits per heavy atom.